The minimum atomic E-state index is -5.14. The predicted molar refractivity (Wildman–Crippen MR) is 165 cm³/mol. The molecule has 0 saturated carbocycles. The third-order valence-corrected chi connectivity index (χ3v) is 9.81. The number of amides is 3. The van der Waals surface area contributed by atoms with E-state index in [0.29, 0.717) is 31.3 Å². The summed E-state index contributed by atoms with van der Waals surface area (Å²) in [6.07, 6.45) is -3.17. The number of aromatic amines is 1. The van der Waals surface area contributed by atoms with Gasteiger partial charge in [-0.1, -0.05) is 24.6 Å². The molecule has 48 heavy (non-hydrogen) atoms. The summed E-state index contributed by atoms with van der Waals surface area (Å²) in [6.45, 7) is 2.28. The Morgan fingerprint density at radius 1 is 0.854 bits per heavy atom. The maximum Gasteiger partial charge on any atom is 0.416 e. The van der Waals surface area contributed by atoms with Crippen molar-refractivity contribution in [3.05, 3.63) is 70.9 Å². The summed E-state index contributed by atoms with van der Waals surface area (Å²) in [5.74, 6) is -1.98. The summed E-state index contributed by atoms with van der Waals surface area (Å²) in [6, 6.07) is 7.63. The molecule has 0 radical (unpaired) electrons. The van der Waals surface area contributed by atoms with E-state index in [1.165, 1.54) is 24.2 Å². The highest BCUT2D eigenvalue weighted by Crippen LogP contribution is 2.37. The van der Waals surface area contributed by atoms with Crippen molar-refractivity contribution in [3.63, 3.8) is 0 Å². The fourth-order valence-electron chi connectivity index (χ4n) is 7.22. The number of carbonyl (C=O) groups is 3. The fourth-order valence-corrected chi connectivity index (χ4v) is 7.22. The van der Waals surface area contributed by atoms with Gasteiger partial charge in [-0.3, -0.25) is 14.4 Å². The minimum absolute atomic E-state index is 0.0375. The van der Waals surface area contributed by atoms with Crippen LogP contribution in [0.4, 0.5) is 26.3 Å². The van der Waals surface area contributed by atoms with Gasteiger partial charge in [-0.15, -0.1) is 0 Å². The molecule has 3 aliphatic heterocycles. The summed E-state index contributed by atoms with van der Waals surface area (Å²) < 4.78 is 81.8. The van der Waals surface area contributed by atoms with Crippen LogP contribution in [0.5, 0.6) is 0 Å². The van der Waals surface area contributed by atoms with Gasteiger partial charge in [0.2, 0.25) is 11.8 Å². The van der Waals surface area contributed by atoms with Crippen LogP contribution < -0.4 is 0 Å². The van der Waals surface area contributed by atoms with Crippen LogP contribution in [0.2, 0.25) is 0 Å². The zero-order valence-corrected chi connectivity index (χ0v) is 26.2. The van der Waals surface area contributed by atoms with E-state index in [1.54, 1.807) is 11.1 Å². The molecule has 3 aliphatic rings. The van der Waals surface area contributed by atoms with Gasteiger partial charge in [0.25, 0.3) is 5.91 Å². The number of likely N-dealkylation sites (tertiary alicyclic amines) is 2. The highest BCUT2D eigenvalue weighted by atomic mass is 19.4. The van der Waals surface area contributed by atoms with Crippen molar-refractivity contribution in [2.75, 3.05) is 45.8 Å². The van der Waals surface area contributed by atoms with Crippen molar-refractivity contribution in [1.82, 2.24) is 24.6 Å². The first-order valence-corrected chi connectivity index (χ1v) is 16.2. The van der Waals surface area contributed by atoms with Gasteiger partial charge in [-0.05, 0) is 75.0 Å². The first-order chi connectivity index (χ1) is 22.8. The molecule has 6 rings (SSSR count). The molecular weight excluding hydrogens is 640 g/mol. The van der Waals surface area contributed by atoms with Crippen LogP contribution in [0.25, 0.3) is 10.9 Å². The van der Waals surface area contributed by atoms with Crippen molar-refractivity contribution in [1.29, 1.82) is 0 Å². The van der Waals surface area contributed by atoms with E-state index in [9.17, 15) is 40.7 Å². The number of aromatic nitrogens is 1. The van der Waals surface area contributed by atoms with E-state index < -0.39 is 53.4 Å². The number of para-hydroxylation sites is 1. The summed E-state index contributed by atoms with van der Waals surface area (Å²) in [7, 11) is 0. The molecule has 0 bridgehead atoms. The number of piperidine rings is 2. The van der Waals surface area contributed by atoms with Gasteiger partial charge >= 0.3 is 12.4 Å². The Morgan fingerprint density at radius 3 is 2.15 bits per heavy atom. The van der Waals surface area contributed by atoms with Crippen molar-refractivity contribution >= 4 is 28.6 Å². The Bertz CT molecular complexity index is 1620. The smallest absolute Gasteiger partial charge is 0.361 e. The first kappa shape index (κ1) is 33.8. The van der Waals surface area contributed by atoms with Crippen LogP contribution in [0.3, 0.4) is 0 Å². The van der Waals surface area contributed by atoms with Crippen molar-refractivity contribution in [2.45, 2.75) is 63.0 Å². The minimum Gasteiger partial charge on any atom is -0.361 e. The number of nitrogens with one attached hydrogen (secondary N) is 1. The number of H-pyrrole nitrogens is 1. The Morgan fingerprint density at radius 2 is 1.50 bits per heavy atom. The van der Waals surface area contributed by atoms with Gasteiger partial charge in [-0.25, -0.2) is 0 Å². The van der Waals surface area contributed by atoms with E-state index in [1.807, 2.05) is 24.3 Å². The van der Waals surface area contributed by atoms with Crippen LogP contribution in [-0.2, 0) is 28.4 Å². The van der Waals surface area contributed by atoms with Crippen molar-refractivity contribution in [3.8, 4) is 0 Å². The lowest BCUT2D eigenvalue weighted by Gasteiger charge is -2.43. The molecule has 0 aliphatic carbocycles. The van der Waals surface area contributed by atoms with Gasteiger partial charge in [0, 0.05) is 48.3 Å². The van der Waals surface area contributed by atoms with E-state index >= 15 is 0 Å². The topological polar surface area (TPSA) is 80.0 Å². The molecule has 3 aromatic rings. The van der Waals surface area contributed by atoms with Crippen LogP contribution in [-0.4, -0.2) is 100 Å². The van der Waals surface area contributed by atoms with Crippen LogP contribution in [0.15, 0.2) is 48.7 Å². The number of alkyl halides is 6. The summed E-state index contributed by atoms with van der Waals surface area (Å²) in [5, 5.41) is 0.819. The second kappa shape index (κ2) is 13.4. The third-order valence-electron chi connectivity index (χ3n) is 9.81. The summed E-state index contributed by atoms with van der Waals surface area (Å²) in [5.41, 5.74) is -2.52. The number of benzene rings is 2. The number of hydrogen-bond acceptors (Lipinski definition) is 4. The normalized spacial score (nSPS) is 20.5. The van der Waals surface area contributed by atoms with Crippen molar-refractivity contribution in [2.24, 2.45) is 0 Å². The molecule has 1 atom stereocenters. The fraction of sp³-hybridized carbons (Fsp3) is 0.500. The van der Waals surface area contributed by atoms with Gasteiger partial charge in [0.15, 0.2) is 0 Å². The quantitative estimate of drug-likeness (QED) is 0.346. The molecule has 2 aromatic carbocycles. The van der Waals surface area contributed by atoms with Crippen LogP contribution in [0.1, 0.15) is 59.2 Å². The molecule has 1 N–H and O–H groups in total. The standard InChI is InChI=1S/C34H37F6N5O3/c35-33(36,37)24-14-22(15-25(17-24)34(38,39)40)32(48)45-21-31(47)44(19-27(45)16-23-18-41-29-7-3-2-6-28(23)29)20-30(46)43-12-8-26(9-13-43)42-10-4-1-5-11-42/h2-3,6-7,14-15,17-18,26-27,41H,1,4-5,8-13,16,19-21H2. The monoisotopic (exact) mass is 677 g/mol. The van der Waals surface area contributed by atoms with E-state index in [-0.39, 0.29) is 31.5 Å². The van der Waals surface area contributed by atoms with Crippen LogP contribution >= 0.6 is 0 Å². The van der Waals surface area contributed by atoms with E-state index in [2.05, 4.69) is 9.88 Å². The van der Waals surface area contributed by atoms with Crippen molar-refractivity contribution < 1.29 is 40.7 Å². The largest absolute Gasteiger partial charge is 0.416 e. The molecule has 0 spiro atoms. The average molecular weight is 678 g/mol. The summed E-state index contributed by atoms with van der Waals surface area (Å²) >= 11 is 0. The Kier molecular flexibility index (Phi) is 9.47. The molecule has 8 nitrogen and oxygen atoms in total. The lowest BCUT2D eigenvalue weighted by Crippen LogP contribution is -2.60. The number of halogens is 6. The van der Waals surface area contributed by atoms with Gasteiger partial charge in [-0.2, -0.15) is 26.3 Å². The highest BCUT2D eigenvalue weighted by Gasteiger charge is 2.41. The average Bonchev–Trinajstić information content (AvgIpc) is 3.47. The molecule has 3 saturated heterocycles. The third kappa shape index (κ3) is 7.32. The van der Waals surface area contributed by atoms with E-state index in [0.717, 1.165) is 47.3 Å². The molecule has 4 heterocycles. The second-order valence-electron chi connectivity index (χ2n) is 12.9. The Balaban J connectivity index is 1.23. The second-order valence-corrected chi connectivity index (χ2v) is 12.9. The number of hydrogen-bond donors (Lipinski definition) is 1. The zero-order chi connectivity index (χ0) is 34.2. The maximum absolute atomic E-state index is 13.8. The number of rotatable bonds is 6. The number of fused-ring (bicyclic) bond motifs is 1. The highest BCUT2D eigenvalue weighted by molar-refractivity contribution is 5.98. The van der Waals surface area contributed by atoms with Gasteiger partial charge < -0.3 is 24.6 Å². The molecule has 3 amide bonds. The van der Waals surface area contributed by atoms with Gasteiger partial charge in [0.05, 0.1) is 23.7 Å². The lowest BCUT2D eigenvalue weighted by atomic mass is 9.98. The number of carbonyl (C=O) groups excluding carboxylic acids is 3. The molecule has 3 fully saturated rings. The number of piperazine rings is 1. The molecule has 1 aromatic heterocycles. The molecule has 1 unspecified atom stereocenters. The Hall–Kier alpha value is -4.07. The van der Waals surface area contributed by atoms with Gasteiger partial charge in [0.1, 0.15) is 6.54 Å². The summed E-state index contributed by atoms with van der Waals surface area (Å²) in [4.78, 5) is 50.3. The van der Waals surface area contributed by atoms with Crippen LogP contribution in [0, 0.1) is 0 Å². The molecule has 258 valence electrons. The molecule has 14 heteroatoms. The SMILES string of the molecule is O=C(CN1CC(Cc2c[nH]c3ccccc23)N(C(=O)c2cc(C(F)(F)F)cc(C(F)(F)F)c2)CC1=O)N1CCC(N2CCCCC2)CC1. The maximum atomic E-state index is 13.8. The predicted octanol–water partition coefficient (Wildman–Crippen LogP) is 5.58. The number of nitrogens with zero attached hydrogens (tertiary/aromatic N) is 4. The molecular formula is C34H37F6N5O3. The van der Waals surface area contributed by atoms with E-state index in [4.69, 9.17) is 0 Å². The lowest BCUT2D eigenvalue weighted by molar-refractivity contribution is -0.145. The zero-order valence-electron chi connectivity index (χ0n) is 26.2. The Labute approximate surface area is 273 Å². The first-order valence-electron chi connectivity index (χ1n) is 16.2.